The summed E-state index contributed by atoms with van der Waals surface area (Å²) in [5, 5.41) is 2.77. The van der Waals surface area contributed by atoms with E-state index in [1.807, 2.05) is 20.8 Å². The fraction of sp³-hybridized carbons (Fsp3) is 0.375. The monoisotopic (exact) mass is 304 g/mol. The minimum Gasteiger partial charge on any atom is -0.493 e. The van der Waals surface area contributed by atoms with Gasteiger partial charge in [0.15, 0.2) is 11.5 Å². The number of nitrogens with one attached hydrogen (secondary N) is 1. The normalized spacial score (nSPS) is 10.4. The minimum absolute atomic E-state index is 0.227. The van der Waals surface area contributed by atoms with Crippen LogP contribution in [0, 0.1) is 13.8 Å². The summed E-state index contributed by atoms with van der Waals surface area (Å²) >= 11 is 0. The van der Waals surface area contributed by atoms with E-state index in [9.17, 15) is 4.79 Å². The molecular weight excluding hydrogens is 284 g/mol. The van der Waals surface area contributed by atoms with Gasteiger partial charge in [-0.15, -0.1) is 0 Å². The molecule has 2 aromatic rings. The Hall–Kier alpha value is -2.50. The van der Waals surface area contributed by atoms with Gasteiger partial charge in [0.25, 0.3) is 5.91 Å². The van der Waals surface area contributed by atoms with Crippen molar-refractivity contribution in [2.24, 2.45) is 0 Å². The van der Waals surface area contributed by atoms with E-state index < -0.39 is 0 Å². The lowest BCUT2D eigenvalue weighted by Crippen LogP contribution is -2.23. The summed E-state index contributed by atoms with van der Waals surface area (Å²) < 4.78 is 16.1. The third kappa shape index (κ3) is 3.58. The standard InChI is InChI=1S/C16H20N2O4/c1-5-21-13-7-6-12(8-14(13)20-4)16(19)17-9-15-18-10(2)11(3)22-15/h6-8H,5,9H2,1-4H3,(H,17,19). The Labute approximate surface area is 129 Å². The summed E-state index contributed by atoms with van der Waals surface area (Å²) in [6.07, 6.45) is 0. The quantitative estimate of drug-likeness (QED) is 0.888. The summed E-state index contributed by atoms with van der Waals surface area (Å²) in [5.74, 6) is 2.15. The minimum atomic E-state index is -0.227. The summed E-state index contributed by atoms with van der Waals surface area (Å²) in [7, 11) is 1.54. The number of carbonyl (C=O) groups excluding carboxylic acids is 1. The van der Waals surface area contributed by atoms with Crippen molar-refractivity contribution in [1.29, 1.82) is 0 Å². The molecular formula is C16H20N2O4. The highest BCUT2D eigenvalue weighted by atomic mass is 16.5. The topological polar surface area (TPSA) is 73.6 Å². The number of ether oxygens (including phenoxy) is 2. The molecule has 2 rings (SSSR count). The van der Waals surface area contributed by atoms with Crippen molar-refractivity contribution in [2.75, 3.05) is 13.7 Å². The number of hydrogen-bond acceptors (Lipinski definition) is 5. The highest BCUT2D eigenvalue weighted by Crippen LogP contribution is 2.28. The second kappa shape index (κ2) is 6.98. The number of aryl methyl sites for hydroxylation is 2. The van der Waals surface area contributed by atoms with Crippen molar-refractivity contribution in [3.05, 3.63) is 41.1 Å². The molecule has 0 aliphatic carbocycles. The predicted molar refractivity (Wildman–Crippen MR) is 81.3 cm³/mol. The van der Waals surface area contributed by atoms with Crippen LogP contribution in [-0.2, 0) is 6.54 Å². The van der Waals surface area contributed by atoms with Gasteiger partial charge in [-0.05, 0) is 39.0 Å². The molecule has 0 aliphatic heterocycles. The molecule has 0 unspecified atom stereocenters. The Morgan fingerprint density at radius 3 is 2.68 bits per heavy atom. The van der Waals surface area contributed by atoms with E-state index >= 15 is 0 Å². The number of carbonyl (C=O) groups is 1. The molecule has 0 saturated carbocycles. The first-order valence-electron chi connectivity index (χ1n) is 7.07. The maximum Gasteiger partial charge on any atom is 0.251 e. The lowest BCUT2D eigenvalue weighted by molar-refractivity contribution is 0.0946. The van der Waals surface area contributed by atoms with Gasteiger partial charge in [0.05, 0.1) is 26.0 Å². The van der Waals surface area contributed by atoms with Crippen molar-refractivity contribution in [3.63, 3.8) is 0 Å². The molecule has 0 spiro atoms. The highest BCUT2D eigenvalue weighted by molar-refractivity contribution is 5.94. The van der Waals surface area contributed by atoms with Crippen LogP contribution in [-0.4, -0.2) is 24.6 Å². The zero-order valence-electron chi connectivity index (χ0n) is 13.2. The molecule has 0 aliphatic rings. The van der Waals surface area contributed by atoms with Crippen molar-refractivity contribution in [1.82, 2.24) is 10.3 Å². The maximum atomic E-state index is 12.2. The van der Waals surface area contributed by atoms with Gasteiger partial charge in [-0.2, -0.15) is 0 Å². The molecule has 0 radical (unpaired) electrons. The summed E-state index contributed by atoms with van der Waals surface area (Å²) in [6, 6.07) is 5.05. The number of benzene rings is 1. The zero-order valence-corrected chi connectivity index (χ0v) is 13.2. The van der Waals surface area contributed by atoms with Gasteiger partial charge in [-0.1, -0.05) is 0 Å². The lowest BCUT2D eigenvalue weighted by atomic mass is 10.2. The van der Waals surface area contributed by atoms with Gasteiger partial charge in [-0.3, -0.25) is 4.79 Å². The van der Waals surface area contributed by atoms with Crippen molar-refractivity contribution in [2.45, 2.75) is 27.3 Å². The molecule has 0 fully saturated rings. The van der Waals surface area contributed by atoms with Crippen LogP contribution in [0.5, 0.6) is 11.5 Å². The van der Waals surface area contributed by atoms with E-state index in [1.54, 1.807) is 18.2 Å². The number of methoxy groups -OCH3 is 1. The van der Waals surface area contributed by atoms with Crippen molar-refractivity contribution in [3.8, 4) is 11.5 Å². The van der Waals surface area contributed by atoms with Crippen LogP contribution < -0.4 is 14.8 Å². The molecule has 22 heavy (non-hydrogen) atoms. The lowest BCUT2D eigenvalue weighted by Gasteiger charge is -2.10. The third-order valence-corrected chi connectivity index (χ3v) is 3.20. The van der Waals surface area contributed by atoms with E-state index in [1.165, 1.54) is 7.11 Å². The number of amides is 1. The second-order valence-electron chi connectivity index (χ2n) is 4.73. The average molecular weight is 304 g/mol. The van der Waals surface area contributed by atoms with Gasteiger partial charge in [0, 0.05) is 5.56 Å². The molecule has 1 heterocycles. The molecule has 0 saturated heterocycles. The fourth-order valence-corrected chi connectivity index (χ4v) is 1.96. The summed E-state index contributed by atoms with van der Waals surface area (Å²) in [6.45, 7) is 6.36. The van der Waals surface area contributed by atoms with Crippen LogP contribution in [0.15, 0.2) is 22.6 Å². The molecule has 118 valence electrons. The first kappa shape index (κ1) is 15.9. The molecule has 6 heteroatoms. The van der Waals surface area contributed by atoms with Gasteiger partial charge < -0.3 is 19.2 Å². The number of hydrogen-bond donors (Lipinski definition) is 1. The summed E-state index contributed by atoms with van der Waals surface area (Å²) in [4.78, 5) is 16.4. The Balaban J connectivity index is 2.05. The van der Waals surface area contributed by atoms with Crippen LogP contribution in [0.2, 0.25) is 0 Å². The Bertz CT molecular complexity index is 645. The Kier molecular flexibility index (Phi) is 5.04. The van der Waals surface area contributed by atoms with Crippen molar-refractivity contribution < 1.29 is 18.7 Å². The van der Waals surface area contributed by atoms with E-state index in [4.69, 9.17) is 13.9 Å². The molecule has 0 atom stereocenters. The van der Waals surface area contributed by atoms with E-state index in [0.29, 0.717) is 29.6 Å². The molecule has 1 N–H and O–H groups in total. The van der Waals surface area contributed by atoms with E-state index in [0.717, 1.165) is 11.5 Å². The van der Waals surface area contributed by atoms with Gasteiger partial charge in [0.2, 0.25) is 5.89 Å². The smallest absolute Gasteiger partial charge is 0.251 e. The van der Waals surface area contributed by atoms with Crippen LogP contribution in [0.3, 0.4) is 0 Å². The average Bonchev–Trinajstić information content (AvgIpc) is 2.84. The van der Waals surface area contributed by atoms with E-state index in [-0.39, 0.29) is 12.5 Å². The Morgan fingerprint density at radius 1 is 1.32 bits per heavy atom. The highest BCUT2D eigenvalue weighted by Gasteiger charge is 2.12. The van der Waals surface area contributed by atoms with Gasteiger partial charge in [-0.25, -0.2) is 4.98 Å². The Morgan fingerprint density at radius 2 is 2.09 bits per heavy atom. The van der Waals surface area contributed by atoms with Crippen LogP contribution in [0.4, 0.5) is 0 Å². The first-order chi connectivity index (χ1) is 10.5. The van der Waals surface area contributed by atoms with Crippen LogP contribution >= 0.6 is 0 Å². The van der Waals surface area contributed by atoms with Crippen LogP contribution in [0.25, 0.3) is 0 Å². The SMILES string of the molecule is CCOc1ccc(C(=O)NCc2nc(C)c(C)o2)cc1OC. The molecule has 6 nitrogen and oxygen atoms in total. The number of aromatic nitrogens is 1. The number of oxazole rings is 1. The zero-order chi connectivity index (χ0) is 16.1. The first-order valence-corrected chi connectivity index (χ1v) is 7.07. The summed E-state index contributed by atoms with van der Waals surface area (Å²) in [5.41, 5.74) is 1.31. The third-order valence-electron chi connectivity index (χ3n) is 3.20. The largest absolute Gasteiger partial charge is 0.493 e. The number of rotatable bonds is 6. The number of nitrogens with zero attached hydrogens (tertiary/aromatic N) is 1. The van der Waals surface area contributed by atoms with Gasteiger partial charge >= 0.3 is 0 Å². The fourth-order valence-electron chi connectivity index (χ4n) is 1.96. The molecule has 1 amide bonds. The predicted octanol–water partition coefficient (Wildman–Crippen LogP) is 2.63. The van der Waals surface area contributed by atoms with E-state index in [2.05, 4.69) is 10.3 Å². The second-order valence-corrected chi connectivity index (χ2v) is 4.73. The maximum absolute atomic E-state index is 12.2. The van der Waals surface area contributed by atoms with Crippen LogP contribution in [0.1, 0.15) is 34.6 Å². The molecule has 1 aromatic carbocycles. The molecule has 0 bridgehead atoms. The van der Waals surface area contributed by atoms with Gasteiger partial charge in [0.1, 0.15) is 5.76 Å². The van der Waals surface area contributed by atoms with Crippen molar-refractivity contribution >= 4 is 5.91 Å². The molecule has 1 aromatic heterocycles.